The summed E-state index contributed by atoms with van der Waals surface area (Å²) in [5.74, 6) is -0.988. The van der Waals surface area contributed by atoms with Crippen LogP contribution in [-0.4, -0.2) is 42.4 Å². The van der Waals surface area contributed by atoms with Crippen LogP contribution in [0.5, 0.6) is 0 Å². The number of anilines is 1. The Hall–Kier alpha value is -2.72. The van der Waals surface area contributed by atoms with E-state index in [1.54, 1.807) is 12.3 Å². The number of hydrogen-bond donors (Lipinski definition) is 2. The minimum absolute atomic E-state index is 0.178. The highest BCUT2D eigenvalue weighted by Gasteiger charge is 2.31. The summed E-state index contributed by atoms with van der Waals surface area (Å²) in [6.45, 7) is 1.55. The molecule has 0 bridgehead atoms. The van der Waals surface area contributed by atoms with Gasteiger partial charge in [-0.15, -0.1) is 0 Å². The maximum absolute atomic E-state index is 12.4. The molecule has 0 spiro atoms. The van der Waals surface area contributed by atoms with Gasteiger partial charge in [-0.1, -0.05) is 12.1 Å². The topological polar surface area (TPSA) is 87.7 Å². The summed E-state index contributed by atoms with van der Waals surface area (Å²) in [6.07, 6.45) is 3.43. The molecule has 2 amide bonds. The molecule has 2 aliphatic rings. The number of carbonyl (C=O) groups is 3. The summed E-state index contributed by atoms with van der Waals surface area (Å²) in [7, 11) is 1.43. The molecule has 1 unspecified atom stereocenters. The molecule has 2 aromatic carbocycles. The average molecular weight is 531 g/mol. The molecule has 1 fully saturated rings. The zero-order chi connectivity index (χ0) is 22.0. The molecule has 1 atom stereocenters. The lowest BCUT2D eigenvalue weighted by Gasteiger charge is -2.22. The van der Waals surface area contributed by atoms with Crippen LogP contribution in [0, 0.1) is 3.57 Å². The number of halogens is 1. The zero-order valence-corrected chi connectivity index (χ0v) is 19.1. The summed E-state index contributed by atoms with van der Waals surface area (Å²) < 4.78 is 5.85. The molecular formula is C23H22IN3O4. The Labute approximate surface area is 194 Å². The van der Waals surface area contributed by atoms with Gasteiger partial charge < -0.3 is 10.1 Å². The molecule has 0 radical (unpaired) electrons. The molecule has 2 N–H and O–H groups in total. The van der Waals surface area contributed by atoms with Gasteiger partial charge in [0.1, 0.15) is 6.04 Å². The molecule has 31 heavy (non-hydrogen) atoms. The van der Waals surface area contributed by atoms with E-state index in [9.17, 15) is 14.4 Å². The molecule has 0 aliphatic carbocycles. The third-order valence-electron chi connectivity index (χ3n) is 5.55. The molecule has 1 saturated heterocycles. The second kappa shape index (κ2) is 9.19. The Bertz CT molecular complexity index is 1060. The van der Waals surface area contributed by atoms with Crippen LogP contribution >= 0.6 is 22.6 Å². The lowest BCUT2D eigenvalue weighted by Crippen LogP contribution is -2.36. The number of fused-ring (bicyclic) bond motifs is 1. The van der Waals surface area contributed by atoms with E-state index in [0.717, 1.165) is 34.2 Å². The van der Waals surface area contributed by atoms with Gasteiger partial charge in [-0.25, -0.2) is 0 Å². The minimum atomic E-state index is -0.425. The number of nitrogens with zero attached hydrogens (tertiary/aromatic N) is 1. The van der Waals surface area contributed by atoms with Crippen molar-refractivity contribution in [3.05, 3.63) is 68.9 Å². The standard InChI is InChI=1S/C23H22IN3O4/c1-31-23(30)20-3-2-10-27(20)13-14-4-7-16(8-5-14)25-12-19-18-11-15(24)6-9-17(18)21(28)26-22(19)29/h4-9,11-12,20,25H,2-3,10,13H2,1H3,(H,26,28,29)/b19-12-. The smallest absolute Gasteiger partial charge is 0.323 e. The van der Waals surface area contributed by atoms with Crippen LogP contribution in [-0.2, 0) is 20.9 Å². The average Bonchev–Trinajstić information content (AvgIpc) is 3.22. The van der Waals surface area contributed by atoms with Gasteiger partial charge in [-0.05, 0) is 77.9 Å². The fraction of sp³-hybridized carbons (Fsp3) is 0.261. The van der Waals surface area contributed by atoms with Gasteiger partial charge in [0.15, 0.2) is 0 Å². The van der Waals surface area contributed by atoms with Crippen LogP contribution in [0.4, 0.5) is 5.69 Å². The number of ether oxygens (including phenoxy) is 1. The van der Waals surface area contributed by atoms with E-state index in [1.807, 2.05) is 36.4 Å². The summed E-state index contributed by atoms with van der Waals surface area (Å²) in [4.78, 5) is 38.5. The molecule has 4 rings (SSSR count). The molecule has 8 heteroatoms. The van der Waals surface area contributed by atoms with Gasteiger partial charge in [0, 0.05) is 33.1 Å². The van der Waals surface area contributed by atoms with Crippen molar-refractivity contribution in [1.82, 2.24) is 10.2 Å². The first-order chi connectivity index (χ1) is 15.0. The van der Waals surface area contributed by atoms with Crippen molar-refractivity contribution < 1.29 is 19.1 Å². The van der Waals surface area contributed by atoms with E-state index in [4.69, 9.17) is 4.74 Å². The first-order valence-electron chi connectivity index (χ1n) is 9.99. The predicted octanol–water partition coefficient (Wildman–Crippen LogP) is 3.15. The largest absolute Gasteiger partial charge is 0.468 e. The SMILES string of the molecule is COC(=O)C1CCCN1Cc1ccc(N/C=C2\C(=O)NC(=O)c3ccc(I)cc32)cc1. The monoisotopic (exact) mass is 531 g/mol. The second-order valence-corrected chi connectivity index (χ2v) is 8.77. The first-order valence-corrected chi connectivity index (χ1v) is 11.1. The van der Waals surface area contributed by atoms with Crippen molar-refractivity contribution in [2.75, 3.05) is 19.0 Å². The number of methoxy groups -OCH3 is 1. The Balaban J connectivity index is 1.47. The number of amides is 2. The van der Waals surface area contributed by atoms with Crippen molar-refractivity contribution in [3.63, 3.8) is 0 Å². The molecule has 160 valence electrons. The number of esters is 1. The highest BCUT2D eigenvalue weighted by atomic mass is 127. The zero-order valence-electron chi connectivity index (χ0n) is 17.0. The Morgan fingerprint density at radius 2 is 1.97 bits per heavy atom. The number of likely N-dealkylation sites (tertiary alicyclic amines) is 1. The van der Waals surface area contributed by atoms with Crippen LogP contribution in [0.1, 0.15) is 34.3 Å². The lowest BCUT2D eigenvalue weighted by molar-refractivity contribution is -0.146. The summed E-state index contributed by atoms with van der Waals surface area (Å²) in [6, 6.07) is 13.1. The maximum atomic E-state index is 12.4. The van der Waals surface area contributed by atoms with E-state index in [1.165, 1.54) is 7.11 Å². The van der Waals surface area contributed by atoms with Crippen LogP contribution in [0.25, 0.3) is 5.57 Å². The summed E-state index contributed by atoms with van der Waals surface area (Å²) in [5, 5.41) is 5.53. The van der Waals surface area contributed by atoms with Crippen LogP contribution < -0.4 is 10.6 Å². The van der Waals surface area contributed by atoms with Crippen molar-refractivity contribution in [2.24, 2.45) is 0 Å². The normalized spacial score (nSPS) is 19.8. The summed E-state index contributed by atoms with van der Waals surface area (Å²) >= 11 is 2.16. The highest BCUT2D eigenvalue weighted by molar-refractivity contribution is 14.1. The Kier molecular flexibility index (Phi) is 6.38. The number of benzene rings is 2. The van der Waals surface area contributed by atoms with E-state index in [0.29, 0.717) is 23.2 Å². The number of carbonyl (C=O) groups excluding carboxylic acids is 3. The predicted molar refractivity (Wildman–Crippen MR) is 125 cm³/mol. The number of imide groups is 1. The molecule has 0 saturated carbocycles. The van der Waals surface area contributed by atoms with E-state index in [-0.39, 0.29) is 17.9 Å². The fourth-order valence-corrected chi connectivity index (χ4v) is 4.45. The fourth-order valence-electron chi connectivity index (χ4n) is 3.96. The maximum Gasteiger partial charge on any atom is 0.323 e. The van der Waals surface area contributed by atoms with Gasteiger partial charge in [0.25, 0.3) is 11.8 Å². The third-order valence-corrected chi connectivity index (χ3v) is 6.22. The van der Waals surface area contributed by atoms with E-state index >= 15 is 0 Å². The highest BCUT2D eigenvalue weighted by Crippen LogP contribution is 2.26. The van der Waals surface area contributed by atoms with Crippen LogP contribution in [0.2, 0.25) is 0 Å². The van der Waals surface area contributed by atoms with Crippen molar-refractivity contribution >= 4 is 51.6 Å². The molecule has 2 heterocycles. The molecular weight excluding hydrogens is 509 g/mol. The van der Waals surface area contributed by atoms with Crippen molar-refractivity contribution in [3.8, 4) is 0 Å². The molecule has 2 aromatic rings. The van der Waals surface area contributed by atoms with Gasteiger partial charge in [0.05, 0.1) is 12.7 Å². The van der Waals surface area contributed by atoms with Crippen LogP contribution in [0.15, 0.2) is 48.7 Å². The summed E-state index contributed by atoms with van der Waals surface area (Å²) in [5.41, 5.74) is 3.42. The first kappa shape index (κ1) is 21.5. The van der Waals surface area contributed by atoms with Gasteiger partial charge >= 0.3 is 5.97 Å². The Morgan fingerprint density at radius 1 is 1.19 bits per heavy atom. The van der Waals surface area contributed by atoms with E-state index in [2.05, 4.69) is 38.1 Å². The van der Waals surface area contributed by atoms with Gasteiger partial charge in [-0.3, -0.25) is 24.6 Å². The lowest BCUT2D eigenvalue weighted by atomic mass is 9.95. The Morgan fingerprint density at radius 3 is 2.71 bits per heavy atom. The number of rotatable bonds is 5. The molecule has 2 aliphatic heterocycles. The van der Waals surface area contributed by atoms with Gasteiger partial charge in [-0.2, -0.15) is 0 Å². The molecule has 7 nitrogen and oxygen atoms in total. The number of hydrogen-bond acceptors (Lipinski definition) is 6. The second-order valence-electron chi connectivity index (χ2n) is 7.52. The number of nitrogens with one attached hydrogen (secondary N) is 2. The quantitative estimate of drug-likeness (QED) is 0.267. The molecule has 0 aromatic heterocycles. The van der Waals surface area contributed by atoms with Gasteiger partial charge in [0.2, 0.25) is 0 Å². The van der Waals surface area contributed by atoms with E-state index < -0.39 is 5.91 Å². The van der Waals surface area contributed by atoms with Crippen LogP contribution in [0.3, 0.4) is 0 Å². The minimum Gasteiger partial charge on any atom is -0.468 e. The van der Waals surface area contributed by atoms with Crippen molar-refractivity contribution in [1.29, 1.82) is 0 Å². The third kappa shape index (κ3) is 4.64. The van der Waals surface area contributed by atoms with Crippen molar-refractivity contribution in [2.45, 2.75) is 25.4 Å².